The third kappa shape index (κ3) is 5.89. The molecule has 158 valence electrons. The summed E-state index contributed by atoms with van der Waals surface area (Å²) >= 11 is 0. The molecular weight excluding hydrogens is 386 g/mol. The van der Waals surface area contributed by atoms with Gasteiger partial charge in [0.05, 0.1) is 24.2 Å². The molecule has 5 nitrogen and oxygen atoms in total. The standard InChI is InChI=1S/C23H31NO4S/c1-16(2)20-8-4-6-18(11-20)12-24-22-15-29(27,28)14-21(23(22)26)10-17-5-3-7-19(9-17)13-25/h3-9,11,16,21-26H,10,12-15H2,1-2H3/t21-,22+,23+/m1/s1. The van der Waals surface area contributed by atoms with E-state index >= 15 is 0 Å². The third-order valence-corrected chi connectivity index (χ3v) is 7.46. The Morgan fingerprint density at radius 1 is 1.03 bits per heavy atom. The van der Waals surface area contributed by atoms with Crippen molar-refractivity contribution >= 4 is 9.84 Å². The average molecular weight is 418 g/mol. The molecule has 0 spiro atoms. The minimum absolute atomic E-state index is 0.0153. The zero-order valence-corrected chi connectivity index (χ0v) is 17.9. The molecule has 0 aromatic heterocycles. The second-order valence-corrected chi connectivity index (χ2v) is 10.6. The number of sulfone groups is 1. The Bertz CT molecular complexity index is 926. The third-order valence-electron chi connectivity index (χ3n) is 5.65. The molecule has 0 amide bonds. The van der Waals surface area contributed by atoms with Crippen LogP contribution in [0.5, 0.6) is 0 Å². The van der Waals surface area contributed by atoms with Crippen molar-refractivity contribution in [2.45, 2.75) is 51.5 Å². The first kappa shape index (κ1) is 22.0. The summed E-state index contributed by atoms with van der Waals surface area (Å²) in [6.07, 6.45) is -0.278. The van der Waals surface area contributed by atoms with Crippen LogP contribution in [0.15, 0.2) is 48.5 Å². The van der Waals surface area contributed by atoms with E-state index < -0.39 is 22.0 Å². The Hall–Kier alpha value is -1.73. The zero-order chi connectivity index (χ0) is 21.0. The number of nitrogens with one attached hydrogen (secondary N) is 1. The van der Waals surface area contributed by atoms with Crippen molar-refractivity contribution in [3.8, 4) is 0 Å². The van der Waals surface area contributed by atoms with E-state index in [4.69, 9.17) is 0 Å². The molecule has 2 aromatic rings. The maximum Gasteiger partial charge on any atom is 0.152 e. The van der Waals surface area contributed by atoms with Gasteiger partial charge in [0, 0.05) is 18.5 Å². The monoisotopic (exact) mass is 417 g/mol. The highest BCUT2D eigenvalue weighted by molar-refractivity contribution is 7.91. The summed E-state index contributed by atoms with van der Waals surface area (Å²) in [5.41, 5.74) is 4.04. The molecular formula is C23H31NO4S. The number of aliphatic hydroxyl groups is 2. The molecule has 0 bridgehead atoms. The van der Waals surface area contributed by atoms with Crippen molar-refractivity contribution in [1.82, 2.24) is 5.32 Å². The molecule has 1 aliphatic rings. The molecule has 1 aliphatic heterocycles. The van der Waals surface area contributed by atoms with Gasteiger partial charge in [-0.25, -0.2) is 8.42 Å². The first-order valence-electron chi connectivity index (χ1n) is 10.2. The molecule has 0 radical (unpaired) electrons. The second-order valence-electron chi connectivity index (χ2n) is 8.40. The van der Waals surface area contributed by atoms with E-state index in [1.54, 1.807) is 0 Å². The minimum atomic E-state index is -3.25. The van der Waals surface area contributed by atoms with Gasteiger partial charge in [-0.3, -0.25) is 0 Å². The van der Waals surface area contributed by atoms with Gasteiger partial charge >= 0.3 is 0 Å². The lowest BCUT2D eigenvalue weighted by molar-refractivity contribution is 0.0781. The molecule has 1 fully saturated rings. The highest BCUT2D eigenvalue weighted by Gasteiger charge is 2.39. The van der Waals surface area contributed by atoms with Gasteiger partial charge in [-0.05, 0) is 34.6 Å². The lowest BCUT2D eigenvalue weighted by Gasteiger charge is -2.35. The molecule has 2 aromatic carbocycles. The Balaban J connectivity index is 1.71. The quantitative estimate of drug-likeness (QED) is 0.644. The molecule has 3 atom stereocenters. The average Bonchev–Trinajstić information content (AvgIpc) is 2.69. The van der Waals surface area contributed by atoms with Crippen LogP contribution in [0.4, 0.5) is 0 Å². The van der Waals surface area contributed by atoms with Gasteiger partial charge in [0.2, 0.25) is 0 Å². The van der Waals surface area contributed by atoms with Gasteiger partial charge in [-0.1, -0.05) is 62.4 Å². The molecule has 0 aliphatic carbocycles. The maximum atomic E-state index is 12.5. The number of aliphatic hydroxyl groups excluding tert-OH is 2. The van der Waals surface area contributed by atoms with Crippen LogP contribution in [0.1, 0.15) is 42.0 Å². The van der Waals surface area contributed by atoms with Crippen LogP contribution in [0, 0.1) is 5.92 Å². The van der Waals surface area contributed by atoms with Gasteiger partial charge in [0.1, 0.15) is 0 Å². The molecule has 6 heteroatoms. The van der Waals surface area contributed by atoms with Gasteiger partial charge in [-0.15, -0.1) is 0 Å². The van der Waals surface area contributed by atoms with Crippen molar-refractivity contribution in [1.29, 1.82) is 0 Å². The van der Waals surface area contributed by atoms with Crippen LogP contribution in [-0.4, -0.2) is 42.3 Å². The summed E-state index contributed by atoms with van der Waals surface area (Å²) in [6, 6.07) is 15.2. The largest absolute Gasteiger partial charge is 0.392 e. The Morgan fingerprint density at radius 2 is 1.72 bits per heavy atom. The molecule has 1 heterocycles. The number of benzene rings is 2. The summed E-state index contributed by atoms with van der Waals surface area (Å²) in [5.74, 6) is -0.0131. The molecule has 1 saturated heterocycles. The van der Waals surface area contributed by atoms with Gasteiger partial charge < -0.3 is 15.5 Å². The molecule has 0 unspecified atom stereocenters. The summed E-state index contributed by atoms with van der Waals surface area (Å²) in [6.45, 7) is 4.74. The van der Waals surface area contributed by atoms with E-state index in [1.165, 1.54) is 5.56 Å². The molecule has 0 saturated carbocycles. The first-order valence-corrected chi connectivity index (χ1v) is 12.0. The van der Waals surface area contributed by atoms with E-state index in [1.807, 2.05) is 36.4 Å². The topological polar surface area (TPSA) is 86.6 Å². The van der Waals surface area contributed by atoms with Crippen molar-refractivity contribution in [2.24, 2.45) is 5.92 Å². The predicted octanol–water partition coefficient (Wildman–Crippen LogP) is 2.41. The van der Waals surface area contributed by atoms with E-state index in [2.05, 4.69) is 31.3 Å². The van der Waals surface area contributed by atoms with Crippen molar-refractivity contribution in [2.75, 3.05) is 11.5 Å². The van der Waals surface area contributed by atoms with Crippen LogP contribution >= 0.6 is 0 Å². The van der Waals surface area contributed by atoms with E-state index in [9.17, 15) is 18.6 Å². The van der Waals surface area contributed by atoms with Crippen LogP contribution in [0.3, 0.4) is 0 Å². The zero-order valence-electron chi connectivity index (χ0n) is 17.1. The summed E-state index contributed by atoms with van der Waals surface area (Å²) in [5, 5.41) is 23.5. The lowest BCUT2D eigenvalue weighted by Crippen LogP contribution is -2.54. The minimum Gasteiger partial charge on any atom is -0.392 e. The molecule has 3 rings (SSSR count). The summed E-state index contributed by atoms with van der Waals surface area (Å²) in [7, 11) is -3.25. The molecule has 3 N–H and O–H groups in total. The Labute approximate surface area is 173 Å². The van der Waals surface area contributed by atoms with Crippen LogP contribution in [-0.2, 0) is 29.4 Å². The van der Waals surface area contributed by atoms with Crippen molar-refractivity contribution in [3.63, 3.8) is 0 Å². The normalized spacial score (nSPS) is 24.0. The summed E-state index contributed by atoms with van der Waals surface area (Å²) in [4.78, 5) is 0. The molecule has 29 heavy (non-hydrogen) atoms. The van der Waals surface area contributed by atoms with Crippen LogP contribution < -0.4 is 5.32 Å². The fourth-order valence-corrected chi connectivity index (χ4v) is 5.99. The van der Waals surface area contributed by atoms with Crippen molar-refractivity contribution < 1.29 is 18.6 Å². The van der Waals surface area contributed by atoms with Gasteiger partial charge in [0.25, 0.3) is 0 Å². The number of hydrogen-bond donors (Lipinski definition) is 3. The summed E-state index contributed by atoms with van der Waals surface area (Å²) < 4.78 is 25.0. The smallest absolute Gasteiger partial charge is 0.152 e. The maximum absolute atomic E-state index is 12.5. The highest BCUT2D eigenvalue weighted by Crippen LogP contribution is 2.25. The van der Waals surface area contributed by atoms with E-state index in [0.717, 1.165) is 16.7 Å². The Morgan fingerprint density at radius 3 is 2.45 bits per heavy atom. The number of hydrogen-bond acceptors (Lipinski definition) is 5. The van der Waals surface area contributed by atoms with E-state index in [-0.39, 0.29) is 24.0 Å². The Kier molecular flexibility index (Phi) is 7.11. The fraction of sp³-hybridized carbons (Fsp3) is 0.478. The lowest BCUT2D eigenvalue weighted by atomic mass is 9.90. The first-order chi connectivity index (χ1) is 13.8. The number of rotatable bonds is 7. The highest BCUT2D eigenvalue weighted by atomic mass is 32.2. The van der Waals surface area contributed by atoms with Crippen LogP contribution in [0.25, 0.3) is 0 Å². The predicted molar refractivity (Wildman–Crippen MR) is 115 cm³/mol. The van der Waals surface area contributed by atoms with E-state index in [0.29, 0.717) is 18.9 Å². The van der Waals surface area contributed by atoms with Gasteiger partial charge in [-0.2, -0.15) is 0 Å². The van der Waals surface area contributed by atoms with Crippen molar-refractivity contribution in [3.05, 3.63) is 70.8 Å². The SMILES string of the molecule is CC(C)c1cccc(CN[C@H]2CS(=O)(=O)C[C@@H](Cc3cccc(CO)c3)[C@@H]2O)c1. The fourth-order valence-electron chi connectivity index (χ4n) is 4.02. The van der Waals surface area contributed by atoms with Crippen LogP contribution in [0.2, 0.25) is 0 Å². The van der Waals surface area contributed by atoms with Gasteiger partial charge in [0.15, 0.2) is 9.84 Å². The second kappa shape index (κ2) is 9.39.